The Morgan fingerprint density at radius 3 is 2.28 bits per heavy atom. The molecule has 18 heavy (non-hydrogen) atoms. The van der Waals surface area contributed by atoms with Crippen LogP contribution in [0.25, 0.3) is 0 Å². The van der Waals surface area contributed by atoms with Gasteiger partial charge < -0.3 is 5.11 Å². The highest BCUT2D eigenvalue weighted by Gasteiger charge is 2.46. The Morgan fingerprint density at radius 2 is 1.78 bits per heavy atom. The summed E-state index contributed by atoms with van der Waals surface area (Å²) in [7, 11) is 0. The van der Waals surface area contributed by atoms with E-state index in [4.69, 9.17) is 0 Å². The number of rotatable bonds is 2. The van der Waals surface area contributed by atoms with Crippen molar-refractivity contribution in [2.45, 2.75) is 51.0 Å². The lowest BCUT2D eigenvalue weighted by Crippen LogP contribution is -2.46. The predicted molar refractivity (Wildman–Crippen MR) is 72.0 cm³/mol. The van der Waals surface area contributed by atoms with Crippen LogP contribution in [-0.4, -0.2) is 10.7 Å². The zero-order valence-corrected chi connectivity index (χ0v) is 11.2. The molecule has 2 heteroatoms. The maximum atomic E-state index is 10.6. The molecular weight excluding hydrogens is 222 g/mol. The third-order valence-corrected chi connectivity index (χ3v) is 4.53. The third kappa shape index (κ3) is 2.28. The fraction of sp³-hybridized carbons (Fsp3) is 0.562. The summed E-state index contributed by atoms with van der Waals surface area (Å²) < 4.78 is 0. The lowest BCUT2D eigenvalue weighted by molar-refractivity contribution is -0.0708. The van der Waals surface area contributed by atoms with Gasteiger partial charge in [-0.3, -0.25) is 0 Å². The van der Waals surface area contributed by atoms with Gasteiger partial charge in [-0.15, -0.1) is 0 Å². The summed E-state index contributed by atoms with van der Waals surface area (Å²) in [4.78, 5) is 0. The van der Waals surface area contributed by atoms with E-state index in [1.54, 1.807) is 0 Å². The van der Waals surface area contributed by atoms with E-state index in [-0.39, 0.29) is 0 Å². The fourth-order valence-corrected chi connectivity index (χ4v) is 2.88. The Bertz CT molecular complexity index is 436. The molecule has 1 aliphatic rings. The molecule has 1 N–H and O–H groups in total. The molecule has 1 fully saturated rings. The fourth-order valence-electron chi connectivity index (χ4n) is 2.88. The molecule has 2 nitrogen and oxygen atoms in total. The predicted octanol–water partition coefficient (Wildman–Crippen LogP) is 3.63. The van der Waals surface area contributed by atoms with Crippen molar-refractivity contribution in [3.8, 4) is 6.07 Å². The number of benzene rings is 1. The number of hydrogen-bond donors (Lipinski definition) is 1. The number of nitriles is 1. The van der Waals surface area contributed by atoms with Crippen LogP contribution >= 0.6 is 0 Å². The monoisotopic (exact) mass is 243 g/mol. The molecule has 0 aromatic heterocycles. The van der Waals surface area contributed by atoms with Gasteiger partial charge in [-0.1, -0.05) is 30.3 Å². The van der Waals surface area contributed by atoms with Crippen molar-refractivity contribution in [3.05, 3.63) is 35.9 Å². The van der Waals surface area contributed by atoms with Crippen molar-refractivity contribution in [1.29, 1.82) is 5.26 Å². The van der Waals surface area contributed by atoms with Crippen LogP contribution in [0.1, 0.15) is 51.0 Å². The first-order valence-corrected chi connectivity index (χ1v) is 6.67. The molecule has 1 aromatic carbocycles. The molecule has 96 valence electrons. The largest absolute Gasteiger partial charge is 0.388 e. The zero-order valence-electron chi connectivity index (χ0n) is 11.2. The maximum Gasteiger partial charge on any atom is 0.0828 e. The van der Waals surface area contributed by atoms with E-state index in [1.807, 2.05) is 19.9 Å². The summed E-state index contributed by atoms with van der Waals surface area (Å²) >= 11 is 0. The van der Waals surface area contributed by atoms with E-state index in [2.05, 4.69) is 30.3 Å². The van der Waals surface area contributed by atoms with Crippen LogP contribution in [0.3, 0.4) is 0 Å². The van der Waals surface area contributed by atoms with Crippen LogP contribution in [0.4, 0.5) is 0 Å². The molecule has 0 bridgehead atoms. The van der Waals surface area contributed by atoms with Gasteiger partial charge in [-0.25, -0.2) is 0 Å². The van der Waals surface area contributed by atoms with E-state index >= 15 is 0 Å². The summed E-state index contributed by atoms with van der Waals surface area (Å²) in [5.74, 6) is 0.529. The van der Waals surface area contributed by atoms with E-state index in [0.29, 0.717) is 18.8 Å². The van der Waals surface area contributed by atoms with E-state index < -0.39 is 11.0 Å². The molecule has 1 aromatic rings. The first-order valence-electron chi connectivity index (χ1n) is 6.67. The molecule has 0 atom stereocenters. The van der Waals surface area contributed by atoms with Gasteiger partial charge in [-0.2, -0.15) is 5.26 Å². The standard InChI is InChI=1S/C16H21NO/c1-15(2,12-17)16(18)10-8-14(9-11-16)13-6-4-3-5-7-13/h3-7,14,18H,8-11H2,1-2H3. The van der Waals surface area contributed by atoms with Crippen molar-refractivity contribution in [2.75, 3.05) is 0 Å². The van der Waals surface area contributed by atoms with Crippen molar-refractivity contribution in [2.24, 2.45) is 5.41 Å². The van der Waals surface area contributed by atoms with Gasteiger partial charge in [0, 0.05) is 0 Å². The van der Waals surface area contributed by atoms with Gasteiger partial charge in [0.1, 0.15) is 0 Å². The Balaban J connectivity index is 2.07. The van der Waals surface area contributed by atoms with Crippen LogP contribution in [0.15, 0.2) is 30.3 Å². The molecule has 0 aliphatic heterocycles. The highest BCUT2D eigenvalue weighted by molar-refractivity contribution is 5.21. The second-order valence-corrected chi connectivity index (χ2v) is 5.95. The Hall–Kier alpha value is -1.33. The Labute approximate surface area is 109 Å². The van der Waals surface area contributed by atoms with Crippen LogP contribution in [0, 0.1) is 16.7 Å². The first-order chi connectivity index (χ1) is 8.48. The van der Waals surface area contributed by atoms with Gasteiger partial charge in [0.25, 0.3) is 0 Å². The van der Waals surface area contributed by atoms with E-state index in [9.17, 15) is 10.4 Å². The smallest absolute Gasteiger partial charge is 0.0828 e. The maximum absolute atomic E-state index is 10.6. The van der Waals surface area contributed by atoms with Gasteiger partial charge in [-0.05, 0) is 51.0 Å². The SMILES string of the molecule is CC(C)(C#N)C1(O)CCC(c2ccccc2)CC1. The van der Waals surface area contributed by atoms with Gasteiger partial charge >= 0.3 is 0 Å². The minimum Gasteiger partial charge on any atom is -0.388 e. The Kier molecular flexibility index (Phi) is 3.45. The number of hydrogen-bond acceptors (Lipinski definition) is 2. The van der Waals surface area contributed by atoms with E-state index in [0.717, 1.165) is 12.8 Å². The summed E-state index contributed by atoms with van der Waals surface area (Å²) in [5, 5.41) is 19.8. The highest BCUT2D eigenvalue weighted by Crippen LogP contribution is 2.46. The third-order valence-electron chi connectivity index (χ3n) is 4.53. The molecular formula is C16H21NO. The lowest BCUT2D eigenvalue weighted by Gasteiger charge is -2.43. The zero-order chi connectivity index (χ0) is 13.2. The van der Waals surface area contributed by atoms with Gasteiger partial charge in [0.05, 0.1) is 17.1 Å². The van der Waals surface area contributed by atoms with Crippen LogP contribution in [0.2, 0.25) is 0 Å². The minimum atomic E-state index is -0.826. The van der Waals surface area contributed by atoms with Crippen LogP contribution in [-0.2, 0) is 0 Å². The average Bonchev–Trinajstić information content (AvgIpc) is 2.40. The summed E-state index contributed by atoms with van der Waals surface area (Å²) in [6, 6.07) is 12.7. The summed E-state index contributed by atoms with van der Waals surface area (Å²) in [6.07, 6.45) is 3.36. The summed E-state index contributed by atoms with van der Waals surface area (Å²) in [6.45, 7) is 3.69. The molecule has 0 radical (unpaired) electrons. The van der Waals surface area contributed by atoms with Gasteiger partial charge in [0.15, 0.2) is 0 Å². The van der Waals surface area contributed by atoms with Crippen molar-refractivity contribution < 1.29 is 5.11 Å². The van der Waals surface area contributed by atoms with Crippen molar-refractivity contribution >= 4 is 0 Å². The Morgan fingerprint density at radius 1 is 1.22 bits per heavy atom. The molecule has 0 heterocycles. The first kappa shape index (κ1) is 13.1. The average molecular weight is 243 g/mol. The normalized spacial score (nSPS) is 28.7. The molecule has 2 rings (SSSR count). The van der Waals surface area contributed by atoms with Crippen molar-refractivity contribution in [1.82, 2.24) is 0 Å². The molecule has 0 amide bonds. The quantitative estimate of drug-likeness (QED) is 0.862. The van der Waals surface area contributed by atoms with E-state index in [1.165, 1.54) is 5.56 Å². The molecule has 0 spiro atoms. The van der Waals surface area contributed by atoms with Gasteiger partial charge in [0.2, 0.25) is 0 Å². The van der Waals surface area contributed by atoms with Crippen molar-refractivity contribution in [3.63, 3.8) is 0 Å². The highest BCUT2D eigenvalue weighted by atomic mass is 16.3. The molecule has 1 saturated carbocycles. The topological polar surface area (TPSA) is 44.0 Å². The number of aliphatic hydroxyl groups is 1. The molecule has 1 aliphatic carbocycles. The number of nitrogens with zero attached hydrogens (tertiary/aromatic N) is 1. The molecule has 0 saturated heterocycles. The van der Waals surface area contributed by atoms with Crippen LogP contribution in [0.5, 0.6) is 0 Å². The second-order valence-electron chi connectivity index (χ2n) is 5.95. The molecule has 0 unspecified atom stereocenters. The second kappa shape index (κ2) is 4.74. The minimum absolute atomic E-state index is 0.529. The van der Waals surface area contributed by atoms with Crippen LogP contribution < -0.4 is 0 Å². The lowest BCUT2D eigenvalue weighted by atomic mass is 9.65. The summed E-state index contributed by atoms with van der Waals surface area (Å²) in [5.41, 5.74) is -0.129.